The molecule has 3 rings (SSSR count). The zero-order valence-corrected chi connectivity index (χ0v) is 25.7. The quantitative estimate of drug-likeness (QED) is 0.118. The number of aromatic nitrogens is 2. The molecule has 1 atom stereocenters. The molecule has 0 radical (unpaired) electrons. The van der Waals surface area contributed by atoms with Crippen molar-refractivity contribution in [3.8, 4) is 11.8 Å². The summed E-state index contributed by atoms with van der Waals surface area (Å²) < 4.78 is 115. The first-order valence-electron chi connectivity index (χ1n) is 12.8. The van der Waals surface area contributed by atoms with Gasteiger partial charge in [-0.3, -0.25) is 4.79 Å². The van der Waals surface area contributed by atoms with Crippen LogP contribution in [0.5, 0.6) is 0 Å². The fourth-order valence-electron chi connectivity index (χ4n) is 3.88. The fourth-order valence-corrected chi connectivity index (χ4v) is 4.38. The second kappa shape index (κ2) is 15.3. The van der Waals surface area contributed by atoms with Gasteiger partial charge in [-0.25, -0.2) is 22.8 Å². The summed E-state index contributed by atoms with van der Waals surface area (Å²) in [5.74, 6) is 3.88. The summed E-state index contributed by atoms with van der Waals surface area (Å²) in [5.41, 5.74) is -1.14. The van der Waals surface area contributed by atoms with Crippen LogP contribution < -0.4 is 21.8 Å². The number of methoxy groups -OCH3 is 3. The number of carbonyl (C=O) groups excluding carboxylic acids is 1. The van der Waals surface area contributed by atoms with E-state index in [-0.39, 0.29) is 41.1 Å². The minimum absolute atomic E-state index is 0.0325. The number of alkyl halides is 6. The first-order chi connectivity index (χ1) is 21.7. The highest BCUT2D eigenvalue weighted by atomic mass is 32.2. The lowest BCUT2D eigenvalue weighted by atomic mass is 9.97. The van der Waals surface area contributed by atoms with Crippen LogP contribution in [0.1, 0.15) is 45.1 Å². The molecule has 20 heteroatoms. The Morgan fingerprint density at radius 2 is 1.66 bits per heavy atom. The van der Waals surface area contributed by atoms with Gasteiger partial charge in [0.05, 0.1) is 47.1 Å². The Balaban J connectivity index is 0.000000343. The zero-order chi connectivity index (χ0) is 35.9. The van der Waals surface area contributed by atoms with Crippen molar-refractivity contribution >= 4 is 32.6 Å². The summed E-state index contributed by atoms with van der Waals surface area (Å²) in [4.78, 5) is 39.4. The van der Waals surface area contributed by atoms with Crippen LogP contribution in [-0.4, -0.2) is 70.0 Å². The number of esters is 1. The third kappa shape index (κ3) is 10.2. The SMILES string of the molecule is COCC#Cc1cc(C(=O)OC)c(N)cc1C(F)(F)F.COCCC(O)c1cc2c(=O)n(NS(C)(=O)=O)c(=O)[nH]c2cc1C(F)(F)F. The molecule has 1 heterocycles. The Kier molecular flexibility index (Phi) is 12.6. The molecule has 0 spiro atoms. The fraction of sp³-hybridized carbons (Fsp3) is 0.370. The van der Waals surface area contributed by atoms with Gasteiger partial charge in [0.2, 0.25) is 10.0 Å². The van der Waals surface area contributed by atoms with Crippen molar-refractivity contribution in [2.75, 3.05) is 51.4 Å². The largest absolute Gasteiger partial charge is 0.465 e. The molecule has 2 aromatic carbocycles. The normalized spacial score (nSPS) is 12.4. The van der Waals surface area contributed by atoms with E-state index in [4.69, 9.17) is 10.5 Å². The predicted molar refractivity (Wildman–Crippen MR) is 155 cm³/mol. The molecule has 3 aromatic rings. The molecule has 47 heavy (non-hydrogen) atoms. The molecule has 0 saturated carbocycles. The number of anilines is 1. The van der Waals surface area contributed by atoms with Crippen LogP contribution in [-0.2, 0) is 36.6 Å². The van der Waals surface area contributed by atoms with Gasteiger partial charge >= 0.3 is 24.0 Å². The van der Waals surface area contributed by atoms with Gasteiger partial charge < -0.3 is 30.0 Å². The van der Waals surface area contributed by atoms with Gasteiger partial charge in [-0.15, -0.1) is 0 Å². The number of rotatable bonds is 8. The van der Waals surface area contributed by atoms with E-state index >= 15 is 0 Å². The molecule has 13 nitrogen and oxygen atoms in total. The number of fused-ring (bicyclic) bond motifs is 1. The minimum Gasteiger partial charge on any atom is -0.465 e. The molecule has 1 aromatic heterocycles. The standard InChI is InChI=1S/C14H16F3N3O6S.C13H12F3NO3/c1-26-4-3-11(21)7-5-8-10(6-9(7)14(15,16)17)18-13(23)20(12(8)22)19-27(2,24)25;1-19-5-3-4-8-6-9(12(18)20-2)11(17)7-10(8)13(14,15)16/h5-6,11,19,21H,3-4H2,1-2H3,(H,18,23);6-7H,5,17H2,1-2H3. The van der Waals surface area contributed by atoms with E-state index in [2.05, 4.69) is 21.3 Å². The zero-order valence-electron chi connectivity index (χ0n) is 24.9. The smallest absolute Gasteiger partial charge is 0.417 e. The van der Waals surface area contributed by atoms with Crippen molar-refractivity contribution in [3.05, 3.63) is 72.9 Å². The van der Waals surface area contributed by atoms with Crippen molar-refractivity contribution in [1.29, 1.82) is 0 Å². The second-order valence-corrected chi connectivity index (χ2v) is 11.2. The Hall–Kier alpha value is -4.58. The number of nitrogens with zero attached hydrogens (tertiary/aromatic N) is 1. The average molecular weight is 699 g/mol. The number of halogens is 6. The summed E-state index contributed by atoms with van der Waals surface area (Å²) in [7, 11) is -0.240. The van der Waals surface area contributed by atoms with E-state index < -0.39 is 73.3 Å². The molecule has 1 unspecified atom stereocenters. The first-order valence-corrected chi connectivity index (χ1v) is 14.7. The van der Waals surface area contributed by atoms with Crippen molar-refractivity contribution in [3.63, 3.8) is 0 Å². The minimum atomic E-state index is -4.87. The molecule has 0 aliphatic heterocycles. The highest BCUT2D eigenvalue weighted by molar-refractivity contribution is 7.91. The molecule has 0 aliphatic carbocycles. The lowest BCUT2D eigenvalue weighted by Crippen LogP contribution is -2.43. The van der Waals surface area contributed by atoms with Crippen molar-refractivity contribution in [2.45, 2.75) is 24.9 Å². The molecule has 258 valence electrons. The lowest BCUT2D eigenvalue weighted by molar-refractivity contribution is -0.139. The number of H-pyrrole nitrogens is 1. The Morgan fingerprint density at radius 1 is 1.04 bits per heavy atom. The van der Waals surface area contributed by atoms with Crippen LogP contribution in [0.2, 0.25) is 0 Å². The van der Waals surface area contributed by atoms with E-state index in [1.807, 2.05) is 4.98 Å². The van der Waals surface area contributed by atoms with Gasteiger partial charge in [0.1, 0.15) is 6.61 Å². The number of nitrogens with two attached hydrogens (primary N) is 1. The molecule has 0 amide bonds. The number of nitrogen functional groups attached to an aromatic ring is 1. The van der Waals surface area contributed by atoms with Crippen molar-refractivity contribution in [2.24, 2.45) is 0 Å². The number of aliphatic hydroxyl groups excluding tert-OH is 1. The summed E-state index contributed by atoms with van der Waals surface area (Å²) in [5, 5.41) is 9.67. The maximum Gasteiger partial charge on any atom is 0.417 e. The van der Waals surface area contributed by atoms with Crippen LogP contribution in [0.25, 0.3) is 10.9 Å². The number of hydrogen-bond donors (Lipinski definition) is 4. The van der Waals surface area contributed by atoms with Crippen LogP contribution in [0.15, 0.2) is 33.9 Å². The lowest BCUT2D eigenvalue weighted by Gasteiger charge is -2.18. The van der Waals surface area contributed by atoms with E-state index in [9.17, 15) is 54.3 Å². The van der Waals surface area contributed by atoms with Gasteiger partial charge in [0.25, 0.3) is 5.56 Å². The van der Waals surface area contributed by atoms with Crippen molar-refractivity contribution in [1.82, 2.24) is 9.66 Å². The van der Waals surface area contributed by atoms with Gasteiger partial charge in [0.15, 0.2) is 0 Å². The highest BCUT2D eigenvalue weighted by Gasteiger charge is 2.36. The van der Waals surface area contributed by atoms with E-state index in [0.29, 0.717) is 18.4 Å². The molecule has 0 fully saturated rings. The summed E-state index contributed by atoms with van der Waals surface area (Å²) in [6, 6.07) is 2.93. The number of hydrogen-bond acceptors (Lipinski definition) is 10. The van der Waals surface area contributed by atoms with Gasteiger partial charge in [-0.05, 0) is 29.8 Å². The predicted octanol–water partition coefficient (Wildman–Crippen LogP) is 2.35. The molecule has 0 aliphatic rings. The topological polar surface area (TPSA) is 192 Å². The van der Waals surface area contributed by atoms with Gasteiger partial charge in [-0.2, -0.15) is 31.0 Å². The monoisotopic (exact) mass is 698 g/mol. The Bertz CT molecular complexity index is 1910. The van der Waals surface area contributed by atoms with Crippen LogP contribution in [0.4, 0.5) is 32.0 Å². The third-order valence-corrected chi connectivity index (χ3v) is 6.44. The second-order valence-electron chi connectivity index (χ2n) is 9.42. The number of aromatic amines is 1. The molecular weight excluding hydrogens is 670 g/mol. The third-order valence-electron chi connectivity index (χ3n) is 5.92. The molecule has 5 N–H and O–H groups in total. The molecule has 0 bridgehead atoms. The maximum atomic E-state index is 13.4. The summed E-state index contributed by atoms with van der Waals surface area (Å²) in [6.45, 7) is -0.0722. The van der Waals surface area contributed by atoms with Gasteiger partial charge in [-0.1, -0.05) is 11.8 Å². The number of sulfonamides is 1. The molecule has 0 saturated heterocycles. The van der Waals surface area contributed by atoms with Crippen LogP contribution >= 0.6 is 0 Å². The summed E-state index contributed by atoms with van der Waals surface area (Å²) in [6.07, 6.45) is -10.6. The van der Waals surface area contributed by atoms with Crippen molar-refractivity contribution < 1.29 is 58.9 Å². The van der Waals surface area contributed by atoms with Gasteiger partial charge in [0, 0.05) is 38.5 Å². The van der Waals surface area contributed by atoms with E-state index in [1.165, 1.54) is 14.2 Å². The highest BCUT2D eigenvalue weighted by Crippen LogP contribution is 2.37. The number of carbonyl (C=O) groups is 1. The number of benzene rings is 2. The van der Waals surface area contributed by atoms with E-state index in [0.717, 1.165) is 19.2 Å². The molecular formula is C27H28F6N4O9S. The summed E-state index contributed by atoms with van der Waals surface area (Å²) >= 11 is 0. The van der Waals surface area contributed by atoms with Crippen LogP contribution in [0.3, 0.4) is 0 Å². The first kappa shape index (κ1) is 38.6. The average Bonchev–Trinajstić information content (AvgIpc) is 2.96. The van der Waals surface area contributed by atoms with Crippen LogP contribution in [0, 0.1) is 11.8 Å². The van der Waals surface area contributed by atoms with E-state index in [1.54, 1.807) is 4.83 Å². The number of aliphatic hydroxyl groups is 1. The number of nitrogens with one attached hydrogen (secondary N) is 2. The Morgan fingerprint density at radius 3 is 2.17 bits per heavy atom. The maximum absolute atomic E-state index is 13.4. The number of ether oxygens (including phenoxy) is 3. The Labute approximate surface area is 262 Å².